The summed E-state index contributed by atoms with van der Waals surface area (Å²) in [6.07, 6.45) is 7.12. The van der Waals surface area contributed by atoms with Gasteiger partial charge >= 0.3 is 0 Å². The van der Waals surface area contributed by atoms with E-state index in [-0.39, 0.29) is 0 Å². The second-order valence-corrected chi connectivity index (χ2v) is 5.61. The minimum Gasteiger partial charge on any atom is -0.396 e. The molecule has 0 aromatic heterocycles. The molecule has 2 unspecified atom stereocenters. The van der Waals surface area contributed by atoms with Gasteiger partial charge in [-0.2, -0.15) is 0 Å². The SMILES string of the molecule is CC(CCS(C)=O)NCCCCCCO. The minimum atomic E-state index is -0.666. The van der Waals surface area contributed by atoms with Crippen LogP contribution in [0.4, 0.5) is 0 Å². The summed E-state index contributed by atoms with van der Waals surface area (Å²) in [7, 11) is -0.666. The Bertz CT molecular complexity index is 165. The fourth-order valence-corrected chi connectivity index (χ4v) is 2.07. The van der Waals surface area contributed by atoms with Gasteiger partial charge in [0, 0.05) is 35.5 Å². The monoisotopic (exact) mass is 235 g/mol. The van der Waals surface area contributed by atoms with Crippen molar-refractivity contribution in [3.8, 4) is 0 Å². The fraction of sp³-hybridized carbons (Fsp3) is 1.00. The summed E-state index contributed by atoms with van der Waals surface area (Å²) in [4.78, 5) is 0. The van der Waals surface area contributed by atoms with Crippen LogP contribution in [0.5, 0.6) is 0 Å². The number of hydrogen-bond donors (Lipinski definition) is 2. The molecule has 2 atom stereocenters. The van der Waals surface area contributed by atoms with Crippen molar-refractivity contribution in [2.24, 2.45) is 0 Å². The number of hydrogen-bond acceptors (Lipinski definition) is 3. The molecule has 0 fully saturated rings. The van der Waals surface area contributed by atoms with Crippen LogP contribution in [0.15, 0.2) is 0 Å². The first-order valence-electron chi connectivity index (χ1n) is 5.81. The maximum absolute atomic E-state index is 10.9. The van der Waals surface area contributed by atoms with E-state index in [1.54, 1.807) is 6.26 Å². The summed E-state index contributed by atoms with van der Waals surface area (Å²) < 4.78 is 10.9. The van der Waals surface area contributed by atoms with E-state index < -0.39 is 10.8 Å². The molecular formula is C11H25NO2S. The summed E-state index contributed by atoms with van der Waals surface area (Å²) in [6.45, 7) is 3.48. The van der Waals surface area contributed by atoms with E-state index in [1.807, 2.05) is 0 Å². The molecule has 0 aromatic rings. The van der Waals surface area contributed by atoms with Crippen molar-refractivity contribution in [2.45, 2.75) is 45.1 Å². The van der Waals surface area contributed by atoms with Gasteiger partial charge in [0.05, 0.1) is 0 Å². The zero-order valence-corrected chi connectivity index (χ0v) is 10.8. The summed E-state index contributed by atoms with van der Waals surface area (Å²) >= 11 is 0. The Labute approximate surface area is 96.1 Å². The van der Waals surface area contributed by atoms with Crippen LogP contribution in [-0.2, 0) is 10.8 Å². The highest BCUT2D eigenvalue weighted by Gasteiger charge is 2.01. The molecule has 15 heavy (non-hydrogen) atoms. The van der Waals surface area contributed by atoms with Gasteiger partial charge in [0.2, 0.25) is 0 Å². The van der Waals surface area contributed by atoms with Crippen molar-refractivity contribution in [3.63, 3.8) is 0 Å². The van der Waals surface area contributed by atoms with Crippen LogP contribution in [0.25, 0.3) is 0 Å². The molecule has 0 bridgehead atoms. The van der Waals surface area contributed by atoms with Gasteiger partial charge in [-0.15, -0.1) is 0 Å². The largest absolute Gasteiger partial charge is 0.396 e. The van der Waals surface area contributed by atoms with Crippen LogP contribution in [-0.4, -0.2) is 40.5 Å². The number of nitrogens with one attached hydrogen (secondary N) is 1. The normalized spacial score (nSPS) is 15.1. The maximum Gasteiger partial charge on any atom is 0.0431 e. The molecule has 0 aliphatic carbocycles. The lowest BCUT2D eigenvalue weighted by molar-refractivity contribution is 0.282. The maximum atomic E-state index is 10.9. The molecule has 0 saturated heterocycles. The molecule has 0 aliphatic rings. The zero-order valence-electron chi connectivity index (χ0n) is 10.00. The Hall–Kier alpha value is 0.0700. The summed E-state index contributed by atoms with van der Waals surface area (Å²) in [6, 6.07) is 0.465. The highest BCUT2D eigenvalue weighted by atomic mass is 32.2. The quantitative estimate of drug-likeness (QED) is 0.561. The molecule has 0 amide bonds. The lowest BCUT2D eigenvalue weighted by Gasteiger charge is -2.12. The second-order valence-electron chi connectivity index (χ2n) is 4.06. The average molecular weight is 235 g/mol. The lowest BCUT2D eigenvalue weighted by atomic mass is 10.2. The molecule has 0 saturated carbocycles. The summed E-state index contributed by atoms with van der Waals surface area (Å²) in [5.41, 5.74) is 0. The summed E-state index contributed by atoms with van der Waals surface area (Å²) in [5, 5.41) is 12.0. The zero-order chi connectivity index (χ0) is 11.5. The number of rotatable bonds is 10. The molecule has 92 valence electrons. The van der Waals surface area contributed by atoms with Gasteiger partial charge in [-0.05, 0) is 32.7 Å². The third-order valence-corrected chi connectivity index (χ3v) is 3.23. The smallest absolute Gasteiger partial charge is 0.0431 e. The molecule has 4 heteroatoms. The van der Waals surface area contributed by atoms with E-state index >= 15 is 0 Å². The standard InChI is InChI=1S/C11H25NO2S/c1-11(7-10-15(2)14)12-8-5-3-4-6-9-13/h11-13H,3-10H2,1-2H3. The van der Waals surface area contributed by atoms with Crippen molar-refractivity contribution in [3.05, 3.63) is 0 Å². The molecule has 0 spiro atoms. The van der Waals surface area contributed by atoms with Crippen molar-refractivity contribution < 1.29 is 9.32 Å². The summed E-state index contributed by atoms with van der Waals surface area (Å²) in [5.74, 6) is 0.790. The highest BCUT2D eigenvalue weighted by molar-refractivity contribution is 7.84. The Morgan fingerprint density at radius 3 is 2.53 bits per heavy atom. The van der Waals surface area contributed by atoms with Gasteiger partial charge in [-0.25, -0.2) is 0 Å². The second kappa shape index (κ2) is 10.6. The number of unbranched alkanes of at least 4 members (excludes halogenated alkanes) is 3. The lowest BCUT2D eigenvalue weighted by Crippen LogP contribution is -2.28. The van der Waals surface area contributed by atoms with Crippen LogP contribution in [0, 0.1) is 0 Å². The molecule has 2 N–H and O–H groups in total. The van der Waals surface area contributed by atoms with E-state index in [4.69, 9.17) is 5.11 Å². The van der Waals surface area contributed by atoms with Crippen molar-refractivity contribution in [1.82, 2.24) is 5.32 Å². The van der Waals surface area contributed by atoms with Crippen molar-refractivity contribution in [1.29, 1.82) is 0 Å². The first-order chi connectivity index (χ1) is 7.16. The molecule has 3 nitrogen and oxygen atoms in total. The van der Waals surface area contributed by atoms with E-state index in [9.17, 15) is 4.21 Å². The third kappa shape index (κ3) is 12.0. The van der Waals surface area contributed by atoms with E-state index in [1.165, 1.54) is 12.8 Å². The topological polar surface area (TPSA) is 49.3 Å². The third-order valence-electron chi connectivity index (χ3n) is 2.42. The van der Waals surface area contributed by atoms with Gasteiger partial charge < -0.3 is 10.4 Å². The van der Waals surface area contributed by atoms with Gasteiger partial charge in [-0.3, -0.25) is 4.21 Å². The van der Waals surface area contributed by atoms with Crippen LogP contribution in [0.3, 0.4) is 0 Å². The van der Waals surface area contributed by atoms with Gasteiger partial charge in [0.1, 0.15) is 0 Å². The Morgan fingerprint density at radius 1 is 1.27 bits per heavy atom. The Morgan fingerprint density at radius 2 is 1.93 bits per heavy atom. The number of aliphatic hydroxyl groups excluding tert-OH is 1. The van der Waals surface area contributed by atoms with Gasteiger partial charge in [0.15, 0.2) is 0 Å². The van der Waals surface area contributed by atoms with Crippen molar-refractivity contribution in [2.75, 3.05) is 25.2 Å². The molecule has 0 rings (SSSR count). The average Bonchev–Trinajstić information content (AvgIpc) is 2.20. The van der Waals surface area contributed by atoms with Crippen molar-refractivity contribution >= 4 is 10.8 Å². The minimum absolute atomic E-state index is 0.312. The molecule has 0 heterocycles. The molecule has 0 radical (unpaired) electrons. The molecule has 0 aliphatic heterocycles. The Kier molecular flexibility index (Phi) is 10.6. The van der Waals surface area contributed by atoms with Gasteiger partial charge in [0.25, 0.3) is 0 Å². The predicted octanol–water partition coefficient (Wildman–Crippen LogP) is 1.29. The molecular weight excluding hydrogens is 210 g/mol. The van der Waals surface area contributed by atoms with E-state index in [2.05, 4.69) is 12.2 Å². The first-order valence-corrected chi connectivity index (χ1v) is 7.53. The van der Waals surface area contributed by atoms with E-state index in [0.717, 1.165) is 31.6 Å². The predicted molar refractivity (Wildman–Crippen MR) is 66.6 cm³/mol. The fourth-order valence-electron chi connectivity index (χ4n) is 1.38. The Balaban J connectivity index is 3.16. The van der Waals surface area contributed by atoms with Gasteiger partial charge in [-0.1, -0.05) is 12.8 Å². The van der Waals surface area contributed by atoms with Crippen LogP contribution in [0.2, 0.25) is 0 Å². The van der Waals surface area contributed by atoms with E-state index in [0.29, 0.717) is 12.6 Å². The van der Waals surface area contributed by atoms with Crippen LogP contribution >= 0.6 is 0 Å². The molecule has 0 aromatic carbocycles. The van der Waals surface area contributed by atoms with Crippen LogP contribution < -0.4 is 5.32 Å². The first kappa shape index (κ1) is 15.1. The highest BCUT2D eigenvalue weighted by Crippen LogP contribution is 1.99. The van der Waals surface area contributed by atoms with Crippen LogP contribution in [0.1, 0.15) is 39.0 Å². The number of aliphatic hydroxyl groups is 1.